The standard InChI is InChI=1S/C18H27N3O2/c1-23-17-8-6-16(7-9-17)20-10-12-21(13-11-20)18(22)14-19-15-4-2-3-5-15/h6-9,15,19H,2-5,10-14H2,1H3/p+1. The Morgan fingerprint density at radius 2 is 1.78 bits per heavy atom. The lowest BCUT2D eigenvalue weighted by Crippen LogP contribution is -2.91. The minimum Gasteiger partial charge on any atom is -0.497 e. The fourth-order valence-electron chi connectivity index (χ4n) is 3.60. The summed E-state index contributed by atoms with van der Waals surface area (Å²) >= 11 is 0. The van der Waals surface area contributed by atoms with Gasteiger partial charge in [-0.05, 0) is 49.9 Å². The topological polar surface area (TPSA) is 49.4 Å². The van der Waals surface area contributed by atoms with Crippen molar-refractivity contribution in [3.05, 3.63) is 24.3 Å². The maximum absolute atomic E-state index is 12.3. The second-order valence-electron chi connectivity index (χ2n) is 6.55. The molecule has 1 saturated carbocycles. The number of carbonyl (C=O) groups is 1. The first kappa shape index (κ1) is 16.1. The highest BCUT2D eigenvalue weighted by Gasteiger charge is 2.24. The third-order valence-electron chi connectivity index (χ3n) is 5.10. The van der Waals surface area contributed by atoms with E-state index < -0.39 is 0 Å². The van der Waals surface area contributed by atoms with Crippen molar-refractivity contribution in [1.82, 2.24) is 4.90 Å². The zero-order valence-corrected chi connectivity index (χ0v) is 14.0. The summed E-state index contributed by atoms with van der Waals surface area (Å²) in [5.74, 6) is 1.18. The Kier molecular flexibility index (Phi) is 5.39. The Bertz CT molecular complexity index is 504. The molecule has 5 nitrogen and oxygen atoms in total. The van der Waals surface area contributed by atoms with Crippen LogP contribution >= 0.6 is 0 Å². The molecule has 2 fully saturated rings. The van der Waals surface area contributed by atoms with E-state index >= 15 is 0 Å². The van der Waals surface area contributed by atoms with Gasteiger partial charge in [-0.2, -0.15) is 0 Å². The molecular weight excluding hydrogens is 290 g/mol. The van der Waals surface area contributed by atoms with E-state index in [9.17, 15) is 4.79 Å². The van der Waals surface area contributed by atoms with Crippen molar-refractivity contribution < 1.29 is 14.8 Å². The van der Waals surface area contributed by atoms with Crippen LogP contribution in [-0.4, -0.2) is 56.7 Å². The molecule has 0 aromatic heterocycles. The van der Waals surface area contributed by atoms with E-state index in [0.29, 0.717) is 18.5 Å². The highest BCUT2D eigenvalue weighted by molar-refractivity contribution is 5.77. The van der Waals surface area contributed by atoms with Crippen LogP contribution in [0.25, 0.3) is 0 Å². The lowest BCUT2D eigenvalue weighted by atomic mass is 10.2. The Morgan fingerprint density at radius 1 is 1.13 bits per heavy atom. The molecule has 0 atom stereocenters. The van der Waals surface area contributed by atoms with Crippen LogP contribution in [0, 0.1) is 0 Å². The van der Waals surface area contributed by atoms with Gasteiger partial charge in [-0.15, -0.1) is 0 Å². The van der Waals surface area contributed by atoms with E-state index in [0.717, 1.165) is 31.9 Å². The summed E-state index contributed by atoms with van der Waals surface area (Å²) in [6, 6.07) is 8.83. The second kappa shape index (κ2) is 7.68. The Morgan fingerprint density at radius 3 is 2.39 bits per heavy atom. The molecule has 0 spiro atoms. The van der Waals surface area contributed by atoms with Gasteiger partial charge in [0.05, 0.1) is 13.2 Å². The maximum atomic E-state index is 12.3. The lowest BCUT2D eigenvalue weighted by Gasteiger charge is -2.36. The van der Waals surface area contributed by atoms with Gasteiger partial charge in [0.25, 0.3) is 5.91 Å². The monoisotopic (exact) mass is 318 g/mol. The van der Waals surface area contributed by atoms with Crippen LogP contribution in [0.4, 0.5) is 5.69 Å². The van der Waals surface area contributed by atoms with Gasteiger partial charge in [-0.1, -0.05) is 0 Å². The van der Waals surface area contributed by atoms with E-state index in [1.165, 1.54) is 31.4 Å². The van der Waals surface area contributed by atoms with E-state index in [-0.39, 0.29) is 0 Å². The average Bonchev–Trinajstić information content (AvgIpc) is 3.13. The number of hydrogen-bond acceptors (Lipinski definition) is 3. The van der Waals surface area contributed by atoms with E-state index in [2.05, 4.69) is 22.3 Å². The van der Waals surface area contributed by atoms with Gasteiger partial charge in [0.2, 0.25) is 0 Å². The minimum absolute atomic E-state index is 0.297. The van der Waals surface area contributed by atoms with Crippen molar-refractivity contribution in [3.63, 3.8) is 0 Å². The molecule has 0 radical (unpaired) electrons. The van der Waals surface area contributed by atoms with Gasteiger partial charge in [0.15, 0.2) is 6.54 Å². The Balaban J connectivity index is 1.44. The number of ether oxygens (including phenoxy) is 1. The van der Waals surface area contributed by atoms with Crippen molar-refractivity contribution in [1.29, 1.82) is 0 Å². The smallest absolute Gasteiger partial charge is 0.277 e. The lowest BCUT2D eigenvalue weighted by molar-refractivity contribution is -0.678. The SMILES string of the molecule is COc1ccc(N2CCN(C(=O)C[NH2+]C3CCCC3)CC2)cc1. The number of methoxy groups -OCH3 is 1. The van der Waals surface area contributed by atoms with Crippen LogP contribution in [0.15, 0.2) is 24.3 Å². The third kappa shape index (κ3) is 4.16. The zero-order chi connectivity index (χ0) is 16.1. The third-order valence-corrected chi connectivity index (χ3v) is 5.10. The van der Waals surface area contributed by atoms with E-state index in [1.807, 2.05) is 17.0 Å². The summed E-state index contributed by atoms with van der Waals surface area (Å²) < 4.78 is 5.20. The van der Waals surface area contributed by atoms with Crippen molar-refractivity contribution in [3.8, 4) is 5.75 Å². The Labute approximate surface area is 138 Å². The number of nitrogens with zero attached hydrogens (tertiary/aromatic N) is 2. The van der Waals surface area contributed by atoms with Crippen LogP contribution < -0.4 is 15.0 Å². The minimum atomic E-state index is 0.297. The molecule has 1 aromatic carbocycles. The molecule has 3 rings (SSSR count). The van der Waals surface area contributed by atoms with Crippen LogP contribution in [0.3, 0.4) is 0 Å². The van der Waals surface area contributed by atoms with Gasteiger partial charge in [-0.3, -0.25) is 4.79 Å². The molecule has 5 heteroatoms. The quantitative estimate of drug-likeness (QED) is 0.876. The molecule has 0 unspecified atom stereocenters. The number of carbonyl (C=O) groups excluding carboxylic acids is 1. The van der Waals surface area contributed by atoms with Crippen molar-refractivity contribution in [2.24, 2.45) is 0 Å². The number of piperazine rings is 1. The molecule has 23 heavy (non-hydrogen) atoms. The summed E-state index contributed by atoms with van der Waals surface area (Å²) in [5.41, 5.74) is 1.20. The second-order valence-corrected chi connectivity index (χ2v) is 6.55. The summed E-state index contributed by atoms with van der Waals surface area (Å²) in [4.78, 5) is 16.7. The molecule has 1 amide bonds. The normalized spacial score (nSPS) is 19.2. The molecule has 1 aliphatic carbocycles. The number of rotatable bonds is 5. The number of quaternary nitrogens is 1. The van der Waals surface area contributed by atoms with Gasteiger partial charge in [0, 0.05) is 31.9 Å². The van der Waals surface area contributed by atoms with Crippen LogP contribution in [0.2, 0.25) is 0 Å². The number of nitrogens with two attached hydrogens (primary N) is 1. The summed E-state index contributed by atoms with van der Waals surface area (Å²) in [5, 5.41) is 2.26. The van der Waals surface area contributed by atoms with Gasteiger partial charge < -0.3 is 19.9 Å². The largest absolute Gasteiger partial charge is 0.497 e. The van der Waals surface area contributed by atoms with E-state index in [4.69, 9.17) is 4.74 Å². The molecule has 0 bridgehead atoms. The molecular formula is C18H28N3O2+. The first-order valence-corrected chi connectivity index (χ1v) is 8.76. The first-order valence-electron chi connectivity index (χ1n) is 8.76. The summed E-state index contributed by atoms with van der Waals surface area (Å²) in [6.45, 7) is 4.07. The molecule has 1 saturated heterocycles. The fourth-order valence-corrected chi connectivity index (χ4v) is 3.60. The molecule has 126 valence electrons. The number of benzene rings is 1. The van der Waals surface area contributed by atoms with Crippen molar-refractivity contribution in [2.45, 2.75) is 31.7 Å². The predicted octanol–water partition coefficient (Wildman–Crippen LogP) is 0.850. The van der Waals surface area contributed by atoms with Crippen LogP contribution in [-0.2, 0) is 4.79 Å². The van der Waals surface area contributed by atoms with Gasteiger partial charge in [-0.25, -0.2) is 0 Å². The molecule has 1 heterocycles. The molecule has 2 N–H and O–H groups in total. The highest BCUT2D eigenvalue weighted by Crippen LogP contribution is 2.20. The number of hydrogen-bond donors (Lipinski definition) is 1. The fraction of sp³-hybridized carbons (Fsp3) is 0.611. The maximum Gasteiger partial charge on any atom is 0.277 e. The zero-order valence-electron chi connectivity index (χ0n) is 14.0. The van der Waals surface area contributed by atoms with Gasteiger partial charge in [0.1, 0.15) is 5.75 Å². The number of amides is 1. The molecule has 1 aliphatic heterocycles. The highest BCUT2D eigenvalue weighted by atomic mass is 16.5. The molecule has 1 aromatic rings. The van der Waals surface area contributed by atoms with Crippen molar-refractivity contribution >= 4 is 11.6 Å². The van der Waals surface area contributed by atoms with Crippen molar-refractivity contribution in [2.75, 3.05) is 44.7 Å². The average molecular weight is 318 g/mol. The Hall–Kier alpha value is -1.75. The molecule has 2 aliphatic rings. The summed E-state index contributed by atoms with van der Waals surface area (Å²) in [7, 11) is 1.68. The van der Waals surface area contributed by atoms with Gasteiger partial charge >= 0.3 is 0 Å². The number of anilines is 1. The van der Waals surface area contributed by atoms with Crippen LogP contribution in [0.5, 0.6) is 5.75 Å². The summed E-state index contributed by atoms with van der Waals surface area (Å²) in [6.07, 6.45) is 5.21. The predicted molar refractivity (Wildman–Crippen MR) is 90.8 cm³/mol. The van der Waals surface area contributed by atoms with Crippen LogP contribution in [0.1, 0.15) is 25.7 Å². The van der Waals surface area contributed by atoms with E-state index in [1.54, 1.807) is 7.11 Å². The first-order chi connectivity index (χ1) is 11.3.